The second-order valence-electron chi connectivity index (χ2n) is 4.43. The molecule has 2 bridgehead atoms. The molecule has 80 valence electrons. The van der Waals surface area contributed by atoms with Crippen LogP contribution in [0.3, 0.4) is 0 Å². The summed E-state index contributed by atoms with van der Waals surface area (Å²) in [7, 11) is 0. The van der Waals surface area contributed by atoms with Crippen molar-refractivity contribution >= 4 is 0 Å². The molecule has 1 aromatic rings. The average Bonchev–Trinajstić information content (AvgIpc) is 2.83. The van der Waals surface area contributed by atoms with Gasteiger partial charge in [-0.15, -0.1) is 0 Å². The summed E-state index contributed by atoms with van der Waals surface area (Å²) in [6.45, 7) is 0. The molecule has 3 rings (SSSR count). The third kappa shape index (κ3) is 1.44. The Labute approximate surface area is 86.7 Å². The van der Waals surface area contributed by atoms with Crippen molar-refractivity contribution in [1.82, 2.24) is 10.3 Å². The standard InChI is InChI=1S/C11H12F2N2/c12-9-3-6(5-14-11(9)13)8-4-7-1-2-10(8)15-7/h3,5,7-8,10,15H,1-2,4H2/t7?,8-,10?/m1/s1. The second kappa shape index (κ2) is 3.23. The zero-order chi connectivity index (χ0) is 10.4. The van der Waals surface area contributed by atoms with E-state index in [1.165, 1.54) is 18.7 Å². The molecule has 2 aliphatic rings. The molecule has 1 N–H and O–H groups in total. The average molecular weight is 210 g/mol. The zero-order valence-electron chi connectivity index (χ0n) is 8.21. The van der Waals surface area contributed by atoms with Crippen LogP contribution in [-0.2, 0) is 0 Å². The van der Waals surface area contributed by atoms with Gasteiger partial charge in [-0.05, 0) is 30.9 Å². The summed E-state index contributed by atoms with van der Waals surface area (Å²) in [6, 6.07) is 2.28. The van der Waals surface area contributed by atoms with Crippen molar-refractivity contribution in [3.8, 4) is 0 Å². The monoisotopic (exact) mass is 210 g/mol. The van der Waals surface area contributed by atoms with Gasteiger partial charge in [0.15, 0.2) is 5.82 Å². The van der Waals surface area contributed by atoms with Crippen LogP contribution >= 0.6 is 0 Å². The Kier molecular flexibility index (Phi) is 1.99. The molecule has 1 aromatic heterocycles. The highest BCUT2D eigenvalue weighted by atomic mass is 19.2. The zero-order valence-corrected chi connectivity index (χ0v) is 8.21. The van der Waals surface area contributed by atoms with Gasteiger partial charge in [0, 0.05) is 24.2 Å². The van der Waals surface area contributed by atoms with Gasteiger partial charge in [-0.25, -0.2) is 9.37 Å². The van der Waals surface area contributed by atoms with Gasteiger partial charge in [-0.2, -0.15) is 4.39 Å². The Morgan fingerprint density at radius 1 is 1.33 bits per heavy atom. The molecule has 0 aromatic carbocycles. The van der Waals surface area contributed by atoms with Crippen LogP contribution in [0.2, 0.25) is 0 Å². The van der Waals surface area contributed by atoms with Gasteiger partial charge in [0.05, 0.1) is 0 Å². The van der Waals surface area contributed by atoms with Crippen LogP contribution < -0.4 is 5.32 Å². The molecule has 2 unspecified atom stereocenters. The molecule has 4 heteroatoms. The van der Waals surface area contributed by atoms with Crippen LogP contribution in [0.5, 0.6) is 0 Å². The van der Waals surface area contributed by atoms with Crippen molar-refractivity contribution in [2.75, 3.05) is 0 Å². The van der Waals surface area contributed by atoms with Crippen LogP contribution in [0.4, 0.5) is 8.78 Å². The number of hydrogen-bond acceptors (Lipinski definition) is 2. The largest absolute Gasteiger partial charge is 0.311 e. The Morgan fingerprint density at radius 2 is 2.20 bits per heavy atom. The topological polar surface area (TPSA) is 24.9 Å². The third-order valence-corrected chi connectivity index (χ3v) is 3.55. The molecule has 2 nitrogen and oxygen atoms in total. The molecule has 0 amide bonds. The summed E-state index contributed by atoms with van der Waals surface area (Å²) >= 11 is 0. The second-order valence-corrected chi connectivity index (χ2v) is 4.43. The number of hydrogen-bond donors (Lipinski definition) is 1. The molecule has 3 heterocycles. The maximum absolute atomic E-state index is 13.0. The highest BCUT2D eigenvalue weighted by molar-refractivity contribution is 5.22. The van der Waals surface area contributed by atoms with E-state index in [-0.39, 0.29) is 0 Å². The molecule has 15 heavy (non-hydrogen) atoms. The van der Waals surface area contributed by atoms with Crippen LogP contribution in [0.25, 0.3) is 0 Å². The Balaban J connectivity index is 1.90. The number of halogens is 2. The van der Waals surface area contributed by atoms with Crippen molar-refractivity contribution in [3.63, 3.8) is 0 Å². The first kappa shape index (κ1) is 9.21. The number of fused-ring (bicyclic) bond motifs is 2. The lowest BCUT2D eigenvalue weighted by molar-refractivity contribution is 0.464. The fourth-order valence-corrected chi connectivity index (χ4v) is 2.83. The molecular formula is C11H12F2N2. The first-order valence-corrected chi connectivity index (χ1v) is 5.31. The van der Waals surface area contributed by atoms with E-state index < -0.39 is 11.8 Å². The summed E-state index contributed by atoms with van der Waals surface area (Å²) in [6.07, 6.45) is 4.83. The predicted molar refractivity (Wildman–Crippen MR) is 51.5 cm³/mol. The first-order valence-electron chi connectivity index (χ1n) is 5.31. The van der Waals surface area contributed by atoms with Gasteiger partial charge in [0.1, 0.15) is 0 Å². The van der Waals surface area contributed by atoms with Crippen molar-refractivity contribution in [1.29, 1.82) is 0 Å². The van der Waals surface area contributed by atoms with E-state index in [0.29, 0.717) is 18.0 Å². The van der Waals surface area contributed by atoms with Crippen molar-refractivity contribution in [3.05, 3.63) is 29.6 Å². The maximum atomic E-state index is 13.0. The lowest BCUT2D eigenvalue weighted by Gasteiger charge is -2.19. The predicted octanol–water partition coefficient (Wildman–Crippen LogP) is 1.97. The van der Waals surface area contributed by atoms with Crippen LogP contribution in [-0.4, -0.2) is 17.1 Å². The fourth-order valence-electron chi connectivity index (χ4n) is 2.83. The smallest absolute Gasteiger partial charge is 0.248 e. The minimum absolute atomic E-state index is 0.311. The van der Waals surface area contributed by atoms with Gasteiger partial charge in [-0.3, -0.25) is 0 Å². The van der Waals surface area contributed by atoms with Crippen molar-refractivity contribution < 1.29 is 8.78 Å². The summed E-state index contributed by atoms with van der Waals surface area (Å²) < 4.78 is 25.7. The summed E-state index contributed by atoms with van der Waals surface area (Å²) in [4.78, 5) is 3.44. The van der Waals surface area contributed by atoms with E-state index in [4.69, 9.17) is 0 Å². The van der Waals surface area contributed by atoms with E-state index in [2.05, 4.69) is 10.3 Å². The quantitative estimate of drug-likeness (QED) is 0.717. The van der Waals surface area contributed by atoms with E-state index in [1.54, 1.807) is 0 Å². The molecule has 2 aliphatic heterocycles. The highest BCUT2D eigenvalue weighted by Gasteiger charge is 2.39. The Bertz CT molecular complexity index is 394. The highest BCUT2D eigenvalue weighted by Crippen LogP contribution is 2.39. The normalized spacial score (nSPS) is 33.6. The fraction of sp³-hybridized carbons (Fsp3) is 0.545. The van der Waals surface area contributed by atoms with Gasteiger partial charge in [0.2, 0.25) is 5.95 Å². The lowest BCUT2D eigenvalue weighted by Crippen LogP contribution is -2.21. The Hall–Kier alpha value is -1.03. The maximum Gasteiger partial charge on any atom is 0.248 e. The van der Waals surface area contributed by atoms with Crippen LogP contribution in [0.1, 0.15) is 30.7 Å². The molecule has 3 atom stereocenters. The number of nitrogens with one attached hydrogen (secondary N) is 1. The van der Waals surface area contributed by atoms with E-state index in [9.17, 15) is 8.78 Å². The minimum atomic E-state index is -1.00. The number of nitrogens with zero attached hydrogens (tertiary/aromatic N) is 1. The Morgan fingerprint density at radius 3 is 2.80 bits per heavy atom. The molecule has 2 fully saturated rings. The number of rotatable bonds is 1. The van der Waals surface area contributed by atoms with Crippen molar-refractivity contribution in [2.24, 2.45) is 0 Å². The lowest BCUT2D eigenvalue weighted by atomic mass is 9.85. The van der Waals surface area contributed by atoms with Gasteiger partial charge in [0.25, 0.3) is 0 Å². The number of aromatic nitrogens is 1. The van der Waals surface area contributed by atoms with Crippen molar-refractivity contribution in [2.45, 2.75) is 37.3 Å². The van der Waals surface area contributed by atoms with Crippen LogP contribution in [0, 0.1) is 11.8 Å². The summed E-state index contributed by atoms with van der Waals surface area (Å²) in [5, 5.41) is 3.47. The van der Waals surface area contributed by atoms with Gasteiger partial charge >= 0.3 is 0 Å². The van der Waals surface area contributed by atoms with E-state index >= 15 is 0 Å². The van der Waals surface area contributed by atoms with E-state index in [0.717, 1.165) is 18.4 Å². The summed E-state index contributed by atoms with van der Waals surface area (Å²) in [5.74, 6) is -1.53. The van der Waals surface area contributed by atoms with Crippen LogP contribution in [0.15, 0.2) is 12.3 Å². The minimum Gasteiger partial charge on any atom is -0.311 e. The summed E-state index contributed by atoms with van der Waals surface area (Å²) in [5.41, 5.74) is 0.827. The van der Waals surface area contributed by atoms with Gasteiger partial charge < -0.3 is 5.32 Å². The number of pyridine rings is 1. The van der Waals surface area contributed by atoms with Gasteiger partial charge in [-0.1, -0.05) is 0 Å². The van der Waals surface area contributed by atoms with E-state index in [1.807, 2.05) is 0 Å². The molecule has 2 saturated heterocycles. The molecular weight excluding hydrogens is 198 g/mol. The molecule has 0 radical (unpaired) electrons. The third-order valence-electron chi connectivity index (χ3n) is 3.55. The molecule has 0 spiro atoms. The SMILES string of the molecule is Fc1cc([C@H]2CC3CCC2N3)cnc1F. The first-order chi connectivity index (χ1) is 7.24. The molecule has 0 aliphatic carbocycles. The molecule has 0 saturated carbocycles.